The number of carbonyl (C=O) groups is 1. The molecule has 1 heterocycles. The summed E-state index contributed by atoms with van der Waals surface area (Å²) in [5, 5.41) is 21.9. The quantitative estimate of drug-likeness (QED) is 0.521. The predicted octanol–water partition coefficient (Wildman–Crippen LogP) is 4.50. The molecule has 4 aliphatic carbocycles. The fraction of sp³-hybridized carbons (Fsp3) is 0.893. The second kappa shape index (κ2) is 8.95. The van der Waals surface area contributed by atoms with Crippen molar-refractivity contribution in [3.05, 3.63) is 12.2 Å². The second-order valence-electron chi connectivity index (χ2n) is 12.5. The van der Waals surface area contributed by atoms with Crippen LogP contribution in [-0.2, 0) is 14.3 Å². The minimum atomic E-state index is -0.273. The molecule has 5 heteroatoms. The van der Waals surface area contributed by atoms with Crippen molar-refractivity contribution in [1.29, 1.82) is 0 Å². The van der Waals surface area contributed by atoms with Gasteiger partial charge in [0.1, 0.15) is 0 Å². The highest BCUT2D eigenvalue weighted by atomic mass is 16.5. The molecule has 186 valence electrons. The summed E-state index contributed by atoms with van der Waals surface area (Å²) < 4.78 is 12.0. The Morgan fingerprint density at radius 2 is 1.79 bits per heavy atom. The first-order valence-electron chi connectivity index (χ1n) is 13.6. The van der Waals surface area contributed by atoms with Crippen LogP contribution < -0.4 is 0 Å². The van der Waals surface area contributed by atoms with Gasteiger partial charge in [0.05, 0.1) is 31.5 Å². The Morgan fingerprint density at radius 3 is 2.61 bits per heavy atom. The van der Waals surface area contributed by atoms with E-state index in [-0.39, 0.29) is 35.1 Å². The van der Waals surface area contributed by atoms with E-state index in [1.54, 1.807) is 0 Å². The molecule has 4 fully saturated rings. The van der Waals surface area contributed by atoms with Crippen molar-refractivity contribution in [3.8, 4) is 0 Å². The third kappa shape index (κ3) is 3.90. The zero-order chi connectivity index (χ0) is 23.4. The molecule has 0 aromatic carbocycles. The second-order valence-corrected chi connectivity index (χ2v) is 12.5. The summed E-state index contributed by atoms with van der Waals surface area (Å²) in [5.74, 6) is 2.47. The molecule has 5 aliphatic rings. The lowest BCUT2D eigenvalue weighted by Crippen LogP contribution is -2.62. The van der Waals surface area contributed by atoms with Gasteiger partial charge in [0, 0.05) is 11.5 Å². The number of fused-ring (bicyclic) bond motifs is 4. The number of aliphatic hydroxyl groups is 2. The lowest BCUT2D eigenvalue weighted by molar-refractivity contribution is -0.215. The molecule has 0 unspecified atom stereocenters. The van der Waals surface area contributed by atoms with Gasteiger partial charge in [0.15, 0.2) is 0 Å². The molecular weight excluding hydrogens is 416 g/mol. The summed E-state index contributed by atoms with van der Waals surface area (Å²) in [6.45, 7) is 8.20. The number of hydrogen-bond donors (Lipinski definition) is 2. The van der Waals surface area contributed by atoms with Gasteiger partial charge < -0.3 is 19.7 Å². The monoisotopic (exact) mass is 460 g/mol. The number of aliphatic hydroxyl groups excluding tert-OH is 2. The standard InChI is InChI=1S/C28H44O5/c1-17-6-4-13-33-25(31)7-5-12-32-24-16-22-26(21-9-8-20(17)28(21,24)3)23(30)15-18-14-19(29)10-11-27(18,22)2/h5,7,17-24,26,29-30H,4,6,8-16H2,1-3H3/b7-5+/t17-,18+,19-,20-,21+,22+,23-,24+,26+,27+,28-/m1/s1. The third-order valence-electron chi connectivity index (χ3n) is 11.2. The van der Waals surface area contributed by atoms with Crippen LogP contribution >= 0.6 is 0 Å². The summed E-state index contributed by atoms with van der Waals surface area (Å²) in [5.41, 5.74) is 0.212. The van der Waals surface area contributed by atoms with E-state index in [0.29, 0.717) is 48.7 Å². The molecule has 0 saturated heterocycles. The van der Waals surface area contributed by atoms with Gasteiger partial charge in [-0.25, -0.2) is 4.79 Å². The molecule has 0 amide bonds. The molecule has 5 nitrogen and oxygen atoms in total. The summed E-state index contributed by atoms with van der Waals surface area (Å²) in [6, 6.07) is 0. The molecule has 11 atom stereocenters. The Labute approximate surface area is 199 Å². The van der Waals surface area contributed by atoms with E-state index in [4.69, 9.17) is 9.47 Å². The maximum atomic E-state index is 12.0. The van der Waals surface area contributed by atoms with E-state index in [1.165, 1.54) is 18.9 Å². The average Bonchev–Trinajstić information content (AvgIpc) is 3.13. The van der Waals surface area contributed by atoms with E-state index in [1.807, 2.05) is 6.08 Å². The van der Waals surface area contributed by atoms with Gasteiger partial charge in [-0.2, -0.15) is 0 Å². The first kappa shape index (κ1) is 23.8. The van der Waals surface area contributed by atoms with E-state index in [0.717, 1.165) is 44.9 Å². The minimum Gasteiger partial charge on any atom is -0.463 e. The van der Waals surface area contributed by atoms with E-state index >= 15 is 0 Å². The first-order valence-corrected chi connectivity index (χ1v) is 13.6. The zero-order valence-electron chi connectivity index (χ0n) is 20.7. The molecular formula is C28H44O5. The van der Waals surface area contributed by atoms with Crippen molar-refractivity contribution in [2.24, 2.45) is 46.3 Å². The van der Waals surface area contributed by atoms with Crippen LogP contribution in [-0.4, -0.2) is 47.7 Å². The molecule has 5 rings (SSSR count). The smallest absolute Gasteiger partial charge is 0.330 e. The van der Waals surface area contributed by atoms with Crippen LogP contribution in [0.4, 0.5) is 0 Å². The molecule has 2 N–H and O–H groups in total. The Kier molecular flexibility index (Phi) is 6.46. The van der Waals surface area contributed by atoms with Gasteiger partial charge in [-0.05, 0) is 98.7 Å². The van der Waals surface area contributed by atoms with Gasteiger partial charge in [-0.1, -0.05) is 26.8 Å². The van der Waals surface area contributed by atoms with Crippen molar-refractivity contribution < 1.29 is 24.5 Å². The highest BCUT2D eigenvalue weighted by molar-refractivity contribution is 5.81. The Balaban J connectivity index is 1.50. The molecule has 0 aromatic rings. The van der Waals surface area contributed by atoms with E-state index in [2.05, 4.69) is 20.8 Å². The van der Waals surface area contributed by atoms with Crippen LogP contribution in [0.3, 0.4) is 0 Å². The topological polar surface area (TPSA) is 76.0 Å². The van der Waals surface area contributed by atoms with Crippen LogP contribution in [0.1, 0.15) is 78.6 Å². The van der Waals surface area contributed by atoms with Crippen LogP contribution in [0, 0.1) is 46.3 Å². The molecule has 0 radical (unpaired) electrons. The number of rotatable bonds is 0. The predicted molar refractivity (Wildman–Crippen MR) is 126 cm³/mol. The van der Waals surface area contributed by atoms with Crippen molar-refractivity contribution in [3.63, 3.8) is 0 Å². The number of cyclic esters (lactones) is 1. The van der Waals surface area contributed by atoms with Crippen LogP contribution in [0.25, 0.3) is 0 Å². The van der Waals surface area contributed by atoms with Crippen LogP contribution in [0.2, 0.25) is 0 Å². The van der Waals surface area contributed by atoms with Crippen molar-refractivity contribution in [2.75, 3.05) is 13.2 Å². The van der Waals surface area contributed by atoms with Crippen LogP contribution in [0.15, 0.2) is 12.2 Å². The lowest BCUT2D eigenvalue weighted by Gasteiger charge is -2.64. The lowest BCUT2D eigenvalue weighted by atomic mass is 9.43. The van der Waals surface area contributed by atoms with Crippen molar-refractivity contribution >= 4 is 5.97 Å². The van der Waals surface area contributed by atoms with Gasteiger partial charge in [-0.3, -0.25) is 0 Å². The fourth-order valence-corrected chi connectivity index (χ4v) is 9.50. The Hall–Kier alpha value is -0.910. The average molecular weight is 461 g/mol. The number of esters is 1. The number of hydrogen-bond acceptors (Lipinski definition) is 5. The highest BCUT2D eigenvalue weighted by Gasteiger charge is 2.66. The van der Waals surface area contributed by atoms with E-state index in [9.17, 15) is 15.0 Å². The van der Waals surface area contributed by atoms with Gasteiger partial charge in [0.2, 0.25) is 0 Å². The number of carbonyl (C=O) groups excluding carboxylic acids is 1. The molecule has 1 aliphatic heterocycles. The van der Waals surface area contributed by atoms with Crippen molar-refractivity contribution in [1.82, 2.24) is 0 Å². The van der Waals surface area contributed by atoms with Gasteiger partial charge >= 0.3 is 5.97 Å². The molecule has 0 bridgehead atoms. The largest absolute Gasteiger partial charge is 0.463 e. The first-order chi connectivity index (χ1) is 15.7. The summed E-state index contributed by atoms with van der Waals surface area (Å²) in [4.78, 5) is 12.0. The maximum Gasteiger partial charge on any atom is 0.330 e. The summed E-state index contributed by atoms with van der Waals surface area (Å²) in [6.07, 6.45) is 11.9. The van der Waals surface area contributed by atoms with E-state index < -0.39 is 0 Å². The summed E-state index contributed by atoms with van der Waals surface area (Å²) in [7, 11) is 0. The fourth-order valence-electron chi connectivity index (χ4n) is 9.50. The normalized spacial score (nSPS) is 53.8. The van der Waals surface area contributed by atoms with Crippen LogP contribution in [0.5, 0.6) is 0 Å². The van der Waals surface area contributed by atoms with Crippen molar-refractivity contribution in [2.45, 2.75) is 96.9 Å². The molecule has 0 aromatic heterocycles. The highest BCUT2D eigenvalue weighted by Crippen LogP contribution is 2.68. The van der Waals surface area contributed by atoms with Gasteiger partial charge in [-0.15, -0.1) is 0 Å². The molecule has 4 saturated carbocycles. The minimum absolute atomic E-state index is 0.0473. The Morgan fingerprint density at radius 1 is 1.00 bits per heavy atom. The summed E-state index contributed by atoms with van der Waals surface area (Å²) >= 11 is 0. The zero-order valence-corrected chi connectivity index (χ0v) is 20.7. The third-order valence-corrected chi connectivity index (χ3v) is 11.2. The SMILES string of the molecule is C[C@@H]1CCCOC(=O)/C=C/CO[C@H]2C[C@H]3[C@@H]([C@H](O)C[C@@H]4C[C@H](O)CC[C@@]43C)[C@@H]3CC[C@H]1[C@@]23C. The number of ether oxygens (including phenoxy) is 2. The van der Waals surface area contributed by atoms with Gasteiger partial charge in [0.25, 0.3) is 0 Å². The maximum absolute atomic E-state index is 12.0. The Bertz CT molecular complexity index is 765. The molecule has 0 spiro atoms. The molecule has 33 heavy (non-hydrogen) atoms.